The topological polar surface area (TPSA) is 90.0 Å². The number of piperazine rings is 1. The summed E-state index contributed by atoms with van der Waals surface area (Å²) in [6.45, 7) is 6.67. The first-order valence-corrected chi connectivity index (χ1v) is 9.32. The lowest BCUT2D eigenvalue weighted by molar-refractivity contribution is 0.258. The van der Waals surface area contributed by atoms with Crippen molar-refractivity contribution in [3.63, 3.8) is 0 Å². The van der Waals surface area contributed by atoms with Crippen LogP contribution in [-0.4, -0.2) is 63.6 Å². The summed E-state index contributed by atoms with van der Waals surface area (Å²) in [4.78, 5) is 33.2. The molecule has 0 aliphatic carbocycles. The average molecular weight is 355 g/mol. The third kappa shape index (κ3) is 3.70. The first kappa shape index (κ1) is 17.0. The first-order chi connectivity index (χ1) is 12.7. The minimum atomic E-state index is -0.00643. The number of aromatic nitrogens is 4. The van der Waals surface area contributed by atoms with Gasteiger partial charge >= 0.3 is 0 Å². The molecular weight excluding hydrogens is 330 g/mol. The van der Waals surface area contributed by atoms with Gasteiger partial charge in [0, 0.05) is 57.6 Å². The monoisotopic (exact) mass is 355 g/mol. The van der Waals surface area contributed by atoms with E-state index in [1.165, 1.54) is 0 Å². The van der Waals surface area contributed by atoms with Crippen LogP contribution in [0.2, 0.25) is 0 Å². The normalized spacial score (nSPS) is 20.5. The Bertz CT molecular complexity index is 799. The summed E-state index contributed by atoms with van der Waals surface area (Å²) in [6.07, 6.45) is 6.19. The largest absolute Gasteiger partial charge is 0.367 e. The van der Waals surface area contributed by atoms with Gasteiger partial charge in [0.15, 0.2) is 0 Å². The van der Waals surface area contributed by atoms with E-state index in [4.69, 9.17) is 0 Å². The van der Waals surface area contributed by atoms with E-state index < -0.39 is 0 Å². The molecule has 2 aromatic heterocycles. The van der Waals surface area contributed by atoms with Crippen LogP contribution in [0.5, 0.6) is 0 Å². The van der Waals surface area contributed by atoms with Crippen molar-refractivity contribution < 1.29 is 0 Å². The van der Waals surface area contributed by atoms with Crippen molar-refractivity contribution in [1.82, 2.24) is 24.8 Å². The number of fused-ring (bicyclic) bond motifs is 1. The van der Waals surface area contributed by atoms with Crippen molar-refractivity contribution >= 4 is 11.8 Å². The number of H-pyrrole nitrogens is 1. The molecule has 2 N–H and O–H groups in total. The second-order valence-corrected chi connectivity index (χ2v) is 7.04. The van der Waals surface area contributed by atoms with Gasteiger partial charge in [-0.05, 0) is 25.8 Å². The molecule has 2 aromatic rings. The SMILES string of the molecule is CC1CCc2c(nc(N3CCN(CCc4ncccn4)CC3)[nH]c2=O)N1. The van der Waals surface area contributed by atoms with Gasteiger partial charge in [-0.15, -0.1) is 0 Å². The summed E-state index contributed by atoms with van der Waals surface area (Å²) in [6, 6.07) is 2.20. The highest BCUT2D eigenvalue weighted by molar-refractivity contribution is 5.50. The highest BCUT2D eigenvalue weighted by atomic mass is 16.1. The van der Waals surface area contributed by atoms with E-state index in [0.29, 0.717) is 12.0 Å². The molecule has 0 amide bonds. The molecule has 8 heteroatoms. The Morgan fingerprint density at radius 2 is 1.96 bits per heavy atom. The fraction of sp³-hybridized carbons (Fsp3) is 0.556. The first-order valence-electron chi connectivity index (χ1n) is 9.32. The van der Waals surface area contributed by atoms with Crippen LogP contribution in [0.15, 0.2) is 23.3 Å². The molecule has 138 valence electrons. The van der Waals surface area contributed by atoms with E-state index in [1.54, 1.807) is 12.4 Å². The average Bonchev–Trinajstić information content (AvgIpc) is 2.67. The Morgan fingerprint density at radius 1 is 1.19 bits per heavy atom. The summed E-state index contributed by atoms with van der Waals surface area (Å²) in [5.74, 6) is 2.32. The minimum Gasteiger partial charge on any atom is -0.367 e. The Kier molecular flexibility index (Phi) is 4.83. The highest BCUT2D eigenvalue weighted by Crippen LogP contribution is 2.21. The van der Waals surface area contributed by atoms with Crippen LogP contribution in [0.3, 0.4) is 0 Å². The lowest BCUT2D eigenvalue weighted by Gasteiger charge is -2.35. The molecule has 0 bridgehead atoms. The van der Waals surface area contributed by atoms with Crippen LogP contribution >= 0.6 is 0 Å². The van der Waals surface area contributed by atoms with Crippen LogP contribution < -0.4 is 15.8 Å². The molecule has 1 atom stereocenters. The molecule has 1 fully saturated rings. The van der Waals surface area contributed by atoms with Crippen molar-refractivity contribution in [2.24, 2.45) is 0 Å². The molecule has 8 nitrogen and oxygen atoms in total. The van der Waals surface area contributed by atoms with E-state index in [1.807, 2.05) is 6.07 Å². The Morgan fingerprint density at radius 3 is 2.73 bits per heavy atom. The third-order valence-electron chi connectivity index (χ3n) is 5.16. The zero-order valence-corrected chi connectivity index (χ0v) is 15.1. The van der Waals surface area contributed by atoms with Gasteiger partial charge in [-0.1, -0.05) is 0 Å². The molecule has 0 aromatic carbocycles. The third-order valence-corrected chi connectivity index (χ3v) is 5.16. The maximum atomic E-state index is 12.4. The number of anilines is 2. The molecule has 4 rings (SSSR count). The fourth-order valence-electron chi connectivity index (χ4n) is 3.55. The quantitative estimate of drug-likeness (QED) is 0.833. The standard InChI is InChI=1S/C18H25N7O/c1-13-3-4-14-16(21-13)22-18(23-17(14)26)25-11-9-24(10-12-25)8-5-15-19-6-2-7-20-15/h2,6-7,13H,3-5,8-12H2,1H3,(H2,21,22,23,26). The number of nitrogens with one attached hydrogen (secondary N) is 2. The molecule has 0 radical (unpaired) electrons. The second kappa shape index (κ2) is 7.41. The lowest BCUT2D eigenvalue weighted by Crippen LogP contribution is -2.48. The smallest absolute Gasteiger partial charge is 0.257 e. The molecule has 1 unspecified atom stereocenters. The molecule has 0 spiro atoms. The maximum absolute atomic E-state index is 12.4. The summed E-state index contributed by atoms with van der Waals surface area (Å²) in [5.41, 5.74) is 0.779. The van der Waals surface area contributed by atoms with E-state index in [0.717, 1.165) is 69.2 Å². The van der Waals surface area contributed by atoms with E-state index in [9.17, 15) is 4.79 Å². The number of hydrogen-bond acceptors (Lipinski definition) is 7. The van der Waals surface area contributed by atoms with Gasteiger partial charge in [-0.25, -0.2) is 9.97 Å². The Balaban J connectivity index is 1.37. The molecule has 26 heavy (non-hydrogen) atoms. The molecule has 1 saturated heterocycles. The predicted octanol–water partition coefficient (Wildman–Crippen LogP) is 0.671. The molecule has 2 aliphatic rings. The van der Waals surface area contributed by atoms with Gasteiger partial charge in [0.05, 0.1) is 5.56 Å². The lowest BCUT2D eigenvalue weighted by atomic mass is 10.0. The van der Waals surface area contributed by atoms with E-state index in [2.05, 4.69) is 42.0 Å². The number of hydrogen-bond donors (Lipinski definition) is 2. The number of aromatic amines is 1. The summed E-state index contributed by atoms with van der Waals surface area (Å²) < 4.78 is 0. The second-order valence-electron chi connectivity index (χ2n) is 7.04. The number of nitrogens with zero attached hydrogens (tertiary/aromatic N) is 5. The van der Waals surface area contributed by atoms with Crippen molar-refractivity contribution in [2.45, 2.75) is 32.2 Å². The molecule has 2 aliphatic heterocycles. The summed E-state index contributed by atoms with van der Waals surface area (Å²) in [7, 11) is 0. The van der Waals surface area contributed by atoms with Gasteiger partial charge < -0.3 is 10.2 Å². The predicted molar refractivity (Wildman–Crippen MR) is 101 cm³/mol. The number of rotatable bonds is 4. The summed E-state index contributed by atoms with van der Waals surface area (Å²) in [5, 5.41) is 3.35. The van der Waals surface area contributed by atoms with Crippen molar-refractivity contribution in [3.05, 3.63) is 40.2 Å². The van der Waals surface area contributed by atoms with Crippen LogP contribution in [0.25, 0.3) is 0 Å². The van der Waals surface area contributed by atoms with Gasteiger partial charge in [0.2, 0.25) is 5.95 Å². The maximum Gasteiger partial charge on any atom is 0.257 e. The van der Waals surface area contributed by atoms with E-state index >= 15 is 0 Å². The van der Waals surface area contributed by atoms with Crippen LogP contribution in [0, 0.1) is 0 Å². The fourth-order valence-corrected chi connectivity index (χ4v) is 3.55. The van der Waals surface area contributed by atoms with Crippen molar-refractivity contribution in [1.29, 1.82) is 0 Å². The van der Waals surface area contributed by atoms with Gasteiger partial charge in [0.25, 0.3) is 5.56 Å². The Labute approximate surface area is 152 Å². The molecule has 0 saturated carbocycles. The van der Waals surface area contributed by atoms with Gasteiger partial charge in [-0.2, -0.15) is 4.98 Å². The Hall–Kier alpha value is -2.48. The van der Waals surface area contributed by atoms with Gasteiger partial charge in [-0.3, -0.25) is 14.7 Å². The van der Waals surface area contributed by atoms with Crippen LogP contribution in [0.4, 0.5) is 11.8 Å². The highest BCUT2D eigenvalue weighted by Gasteiger charge is 2.23. The molecule has 4 heterocycles. The van der Waals surface area contributed by atoms with Crippen molar-refractivity contribution in [3.8, 4) is 0 Å². The molecular formula is C18H25N7O. The van der Waals surface area contributed by atoms with Crippen molar-refractivity contribution in [2.75, 3.05) is 42.9 Å². The summed E-state index contributed by atoms with van der Waals surface area (Å²) >= 11 is 0. The zero-order chi connectivity index (χ0) is 17.9. The zero-order valence-electron chi connectivity index (χ0n) is 15.1. The van der Waals surface area contributed by atoms with Crippen LogP contribution in [-0.2, 0) is 12.8 Å². The van der Waals surface area contributed by atoms with E-state index in [-0.39, 0.29) is 5.56 Å². The van der Waals surface area contributed by atoms with Gasteiger partial charge in [0.1, 0.15) is 11.6 Å². The van der Waals surface area contributed by atoms with Crippen LogP contribution in [0.1, 0.15) is 24.7 Å². The minimum absolute atomic E-state index is 0.00643.